The van der Waals surface area contributed by atoms with Crippen molar-refractivity contribution in [3.05, 3.63) is 54.0 Å². The summed E-state index contributed by atoms with van der Waals surface area (Å²) in [6, 6.07) is 9.85. The van der Waals surface area contributed by atoms with E-state index in [0.717, 1.165) is 0 Å². The standard InChI is InChI=1S/C16H16N2O4/c1-11(19)12-4-2-5-13(10-12)18-15(20)7-8-17-16(21)14-6-3-9-22-14/h2-6,9-10H,7-8H2,1H3,(H,17,21)(H,18,20). The van der Waals surface area contributed by atoms with Crippen LogP contribution in [0.15, 0.2) is 47.1 Å². The van der Waals surface area contributed by atoms with Crippen LogP contribution in [0.2, 0.25) is 0 Å². The lowest BCUT2D eigenvalue weighted by Crippen LogP contribution is -2.27. The molecular weight excluding hydrogens is 284 g/mol. The van der Waals surface area contributed by atoms with Gasteiger partial charge in [0.2, 0.25) is 5.91 Å². The van der Waals surface area contributed by atoms with Gasteiger partial charge in [-0.25, -0.2) is 0 Å². The molecule has 0 bridgehead atoms. The Morgan fingerprint density at radius 1 is 1.14 bits per heavy atom. The lowest BCUT2D eigenvalue weighted by atomic mass is 10.1. The van der Waals surface area contributed by atoms with Gasteiger partial charge in [0.25, 0.3) is 5.91 Å². The summed E-state index contributed by atoms with van der Waals surface area (Å²) in [6.07, 6.45) is 1.53. The number of hydrogen-bond donors (Lipinski definition) is 2. The van der Waals surface area contributed by atoms with Gasteiger partial charge in [0.05, 0.1) is 6.26 Å². The number of carbonyl (C=O) groups is 3. The molecule has 0 unspecified atom stereocenters. The van der Waals surface area contributed by atoms with Gasteiger partial charge in [0.15, 0.2) is 11.5 Å². The molecule has 1 heterocycles. The smallest absolute Gasteiger partial charge is 0.286 e. The quantitative estimate of drug-likeness (QED) is 0.801. The number of ketones is 1. The van der Waals surface area contributed by atoms with E-state index in [9.17, 15) is 14.4 Å². The molecule has 0 atom stereocenters. The zero-order valence-electron chi connectivity index (χ0n) is 12.1. The van der Waals surface area contributed by atoms with Gasteiger partial charge < -0.3 is 15.1 Å². The highest BCUT2D eigenvalue weighted by Crippen LogP contribution is 2.11. The van der Waals surface area contributed by atoms with E-state index < -0.39 is 0 Å². The molecule has 2 N–H and O–H groups in total. The Morgan fingerprint density at radius 3 is 2.64 bits per heavy atom. The Balaban J connectivity index is 1.79. The van der Waals surface area contributed by atoms with Crippen molar-refractivity contribution in [2.75, 3.05) is 11.9 Å². The fourth-order valence-corrected chi connectivity index (χ4v) is 1.82. The highest BCUT2D eigenvalue weighted by Gasteiger charge is 2.09. The van der Waals surface area contributed by atoms with Crippen molar-refractivity contribution in [2.45, 2.75) is 13.3 Å². The summed E-state index contributed by atoms with van der Waals surface area (Å²) >= 11 is 0. The summed E-state index contributed by atoms with van der Waals surface area (Å²) in [4.78, 5) is 34.7. The van der Waals surface area contributed by atoms with Gasteiger partial charge in [-0.05, 0) is 31.2 Å². The SMILES string of the molecule is CC(=O)c1cccc(NC(=O)CCNC(=O)c2ccco2)c1. The second-order valence-corrected chi connectivity index (χ2v) is 4.67. The van der Waals surface area contributed by atoms with Crippen LogP contribution in [0.1, 0.15) is 34.3 Å². The first-order valence-corrected chi connectivity index (χ1v) is 6.79. The molecular formula is C16H16N2O4. The van der Waals surface area contributed by atoms with Gasteiger partial charge in [-0.1, -0.05) is 12.1 Å². The van der Waals surface area contributed by atoms with E-state index in [2.05, 4.69) is 10.6 Å². The van der Waals surface area contributed by atoms with E-state index in [4.69, 9.17) is 4.42 Å². The van der Waals surface area contributed by atoms with Crippen molar-refractivity contribution in [3.63, 3.8) is 0 Å². The highest BCUT2D eigenvalue weighted by atomic mass is 16.3. The van der Waals surface area contributed by atoms with E-state index in [0.29, 0.717) is 11.3 Å². The summed E-state index contributed by atoms with van der Waals surface area (Å²) in [5.41, 5.74) is 1.08. The van der Waals surface area contributed by atoms with Crippen LogP contribution in [0.5, 0.6) is 0 Å². The molecule has 114 valence electrons. The van der Waals surface area contributed by atoms with Crippen molar-refractivity contribution in [1.82, 2.24) is 5.32 Å². The highest BCUT2D eigenvalue weighted by molar-refractivity contribution is 5.97. The minimum absolute atomic E-state index is 0.0678. The van der Waals surface area contributed by atoms with E-state index >= 15 is 0 Å². The number of hydrogen-bond acceptors (Lipinski definition) is 4. The molecule has 2 rings (SSSR count). The number of amides is 2. The summed E-state index contributed by atoms with van der Waals surface area (Å²) in [7, 11) is 0. The van der Waals surface area contributed by atoms with Crippen LogP contribution in [0.4, 0.5) is 5.69 Å². The van der Waals surface area contributed by atoms with Crippen LogP contribution in [-0.4, -0.2) is 24.1 Å². The second kappa shape index (κ2) is 7.21. The first kappa shape index (κ1) is 15.5. The molecule has 0 saturated carbocycles. The number of carbonyl (C=O) groups excluding carboxylic acids is 3. The zero-order chi connectivity index (χ0) is 15.9. The largest absolute Gasteiger partial charge is 0.459 e. The van der Waals surface area contributed by atoms with Crippen LogP contribution in [-0.2, 0) is 4.79 Å². The second-order valence-electron chi connectivity index (χ2n) is 4.67. The van der Waals surface area contributed by atoms with Gasteiger partial charge >= 0.3 is 0 Å². The number of nitrogens with one attached hydrogen (secondary N) is 2. The molecule has 2 amide bonds. The summed E-state index contributed by atoms with van der Waals surface area (Å²) in [5.74, 6) is -0.479. The first-order chi connectivity index (χ1) is 10.6. The van der Waals surface area contributed by atoms with Gasteiger partial charge in [0, 0.05) is 24.2 Å². The molecule has 1 aromatic heterocycles. The Kier molecular flexibility index (Phi) is 5.08. The van der Waals surface area contributed by atoms with Crippen molar-refractivity contribution in [3.8, 4) is 0 Å². The third kappa shape index (κ3) is 4.31. The molecule has 0 fully saturated rings. The fourth-order valence-electron chi connectivity index (χ4n) is 1.82. The average molecular weight is 300 g/mol. The molecule has 0 saturated heterocycles. The van der Waals surface area contributed by atoms with Crippen molar-refractivity contribution in [1.29, 1.82) is 0 Å². The Bertz CT molecular complexity index is 677. The van der Waals surface area contributed by atoms with Crippen molar-refractivity contribution >= 4 is 23.3 Å². The van der Waals surface area contributed by atoms with E-state index in [1.807, 2.05) is 0 Å². The van der Waals surface area contributed by atoms with Crippen LogP contribution in [0, 0.1) is 0 Å². The minimum atomic E-state index is -0.364. The molecule has 0 spiro atoms. The predicted octanol–water partition coefficient (Wildman–Crippen LogP) is 2.24. The van der Waals surface area contributed by atoms with E-state index in [-0.39, 0.29) is 36.3 Å². The van der Waals surface area contributed by atoms with Gasteiger partial charge in [0.1, 0.15) is 0 Å². The number of furan rings is 1. The van der Waals surface area contributed by atoms with Crippen LogP contribution < -0.4 is 10.6 Å². The lowest BCUT2D eigenvalue weighted by molar-refractivity contribution is -0.116. The maximum Gasteiger partial charge on any atom is 0.286 e. The number of Topliss-reactive ketones (excluding diaryl/α,β-unsaturated/α-hetero) is 1. The third-order valence-corrected chi connectivity index (χ3v) is 2.94. The maximum absolute atomic E-state index is 11.8. The number of benzene rings is 1. The summed E-state index contributed by atoms with van der Waals surface area (Å²) in [6.45, 7) is 1.66. The zero-order valence-corrected chi connectivity index (χ0v) is 12.1. The van der Waals surface area contributed by atoms with Crippen molar-refractivity contribution in [2.24, 2.45) is 0 Å². The number of rotatable bonds is 6. The van der Waals surface area contributed by atoms with Gasteiger partial charge in [-0.15, -0.1) is 0 Å². The Morgan fingerprint density at radius 2 is 1.95 bits per heavy atom. The first-order valence-electron chi connectivity index (χ1n) is 6.79. The normalized spacial score (nSPS) is 10.0. The molecule has 0 aliphatic carbocycles. The Hall–Kier alpha value is -2.89. The molecule has 1 aromatic carbocycles. The fraction of sp³-hybridized carbons (Fsp3) is 0.188. The lowest BCUT2D eigenvalue weighted by Gasteiger charge is -2.07. The summed E-state index contributed by atoms with van der Waals surface area (Å²) < 4.78 is 4.94. The molecule has 0 aliphatic rings. The predicted molar refractivity (Wildman–Crippen MR) is 80.7 cm³/mol. The van der Waals surface area contributed by atoms with E-state index in [1.54, 1.807) is 36.4 Å². The van der Waals surface area contributed by atoms with Gasteiger partial charge in [-0.3, -0.25) is 14.4 Å². The molecule has 6 heteroatoms. The summed E-state index contributed by atoms with van der Waals surface area (Å²) in [5, 5.41) is 5.26. The molecule has 22 heavy (non-hydrogen) atoms. The minimum Gasteiger partial charge on any atom is -0.459 e. The Labute approximate surface area is 127 Å². The van der Waals surface area contributed by atoms with Crippen LogP contribution in [0.3, 0.4) is 0 Å². The van der Waals surface area contributed by atoms with Crippen LogP contribution in [0.25, 0.3) is 0 Å². The van der Waals surface area contributed by atoms with Crippen LogP contribution >= 0.6 is 0 Å². The van der Waals surface area contributed by atoms with E-state index in [1.165, 1.54) is 13.2 Å². The molecule has 6 nitrogen and oxygen atoms in total. The third-order valence-electron chi connectivity index (χ3n) is 2.94. The van der Waals surface area contributed by atoms with Crippen molar-refractivity contribution < 1.29 is 18.8 Å². The number of anilines is 1. The monoisotopic (exact) mass is 300 g/mol. The maximum atomic E-state index is 11.8. The molecule has 0 aliphatic heterocycles. The molecule has 2 aromatic rings. The van der Waals surface area contributed by atoms with Gasteiger partial charge in [-0.2, -0.15) is 0 Å². The molecule has 0 radical (unpaired) electrons. The topological polar surface area (TPSA) is 88.4 Å². The average Bonchev–Trinajstić information content (AvgIpc) is 3.01.